The van der Waals surface area contributed by atoms with Crippen LogP contribution in [0.3, 0.4) is 0 Å². The molecule has 1 saturated heterocycles. The largest absolute Gasteiger partial charge is 0.356 e. The summed E-state index contributed by atoms with van der Waals surface area (Å²) in [6.07, 6.45) is 5.01. The molecule has 0 aliphatic carbocycles. The van der Waals surface area contributed by atoms with Crippen molar-refractivity contribution in [1.82, 2.24) is 10.2 Å². The summed E-state index contributed by atoms with van der Waals surface area (Å²) in [7, 11) is 0. The number of rotatable bonds is 9. The van der Waals surface area contributed by atoms with Gasteiger partial charge in [0.2, 0.25) is 11.8 Å². The van der Waals surface area contributed by atoms with Crippen LogP contribution >= 0.6 is 0 Å². The van der Waals surface area contributed by atoms with Gasteiger partial charge in [-0.3, -0.25) is 14.5 Å². The van der Waals surface area contributed by atoms with Crippen LogP contribution in [0.5, 0.6) is 0 Å². The zero-order valence-electron chi connectivity index (χ0n) is 18.0. The summed E-state index contributed by atoms with van der Waals surface area (Å²) in [5.41, 5.74) is 2.05. The molecule has 1 heterocycles. The number of nitrogens with one attached hydrogen (secondary N) is 2. The number of carbonyl (C=O) groups excluding carboxylic acids is 2. The molecular weight excluding hydrogens is 350 g/mol. The summed E-state index contributed by atoms with van der Waals surface area (Å²) in [5.74, 6) is 0.641. The van der Waals surface area contributed by atoms with E-state index in [-0.39, 0.29) is 23.8 Å². The van der Waals surface area contributed by atoms with Crippen LogP contribution in [0.4, 0.5) is 5.69 Å². The molecule has 2 amide bonds. The Balaban J connectivity index is 1.82. The molecule has 5 nitrogen and oxygen atoms in total. The number of hydrogen-bond donors (Lipinski definition) is 2. The highest BCUT2D eigenvalue weighted by Gasteiger charge is 2.29. The third-order valence-corrected chi connectivity index (χ3v) is 5.75. The number of amides is 2. The molecule has 1 unspecified atom stereocenters. The maximum absolute atomic E-state index is 12.8. The number of piperidine rings is 1. The fourth-order valence-corrected chi connectivity index (χ4v) is 3.80. The van der Waals surface area contributed by atoms with Crippen LogP contribution in [0, 0.1) is 5.92 Å². The van der Waals surface area contributed by atoms with Crippen molar-refractivity contribution in [3.63, 3.8) is 0 Å². The standard InChI is InChI=1S/C23H37N3O2/c1-5-6-9-14-24-23(28)19-12-15-26(16-13-19)18(4)22(27)25-21-11-8-7-10-20(21)17(2)3/h7-8,10-11,17-19H,5-6,9,12-16H2,1-4H3,(H,24,28)(H,25,27). The van der Waals surface area contributed by atoms with Gasteiger partial charge in [-0.15, -0.1) is 0 Å². The lowest BCUT2D eigenvalue weighted by atomic mass is 9.94. The average molecular weight is 388 g/mol. The molecule has 1 aliphatic rings. The van der Waals surface area contributed by atoms with E-state index >= 15 is 0 Å². The number of nitrogens with zero attached hydrogens (tertiary/aromatic N) is 1. The van der Waals surface area contributed by atoms with Gasteiger partial charge < -0.3 is 10.6 Å². The molecular formula is C23H37N3O2. The Bertz CT molecular complexity index is 636. The second-order valence-electron chi connectivity index (χ2n) is 8.22. The summed E-state index contributed by atoms with van der Waals surface area (Å²) in [6.45, 7) is 10.7. The van der Waals surface area contributed by atoms with E-state index in [4.69, 9.17) is 0 Å². The van der Waals surface area contributed by atoms with Gasteiger partial charge >= 0.3 is 0 Å². The number of carbonyl (C=O) groups is 2. The van der Waals surface area contributed by atoms with Gasteiger partial charge in [0, 0.05) is 18.2 Å². The lowest BCUT2D eigenvalue weighted by Gasteiger charge is -2.34. The van der Waals surface area contributed by atoms with Crippen LogP contribution < -0.4 is 10.6 Å². The maximum Gasteiger partial charge on any atom is 0.241 e. The van der Waals surface area contributed by atoms with Crippen molar-refractivity contribution < 1.29 is 9.59 Å². The first-order chi connectivity index (χ1) is 13.4. The first kappa shape index (κ1) is 22.4. The molecule has 0 aromatic heterocycles. The van der Waals surface area contributed by atoms with E-state index in [0.717, 1.165) is 63.0 Å². The highest BCUT2D eigenvalue weighted by atomic mass is 16.2. The van der Waals surface area contributed by atoms with Crippen LogP contribution in [-0.4, -0.2) is 42.4 Å². The Kier molecular flexibility index (Phi) is 8.97. The van der Waals surface area contributed by atoms with E-state index in [0.29, 0.717) is 5.92 Å². The monoisotopic (exact) mass is 387 g/mol. The number of para-hydroxylation sites is 1. The molecule has 156 valence electrons. The van der Waals surface area contributed by atoms with E-state index in [1.165, 1.54) is 0 Å². The van der Waals surface area contributed by atoms with Crippen LogP contribution in [0.1, 0.15) is 71.3 Å². The highest BCUT2D eigenvalue weighted by Crippen LogP contribution is 2.25. The van der Waals surface area contributed by atoms with Gasteiger partial charge in [0.15, 0.2) is 0 Å². The Morgan fingerprint density at radius 1 is 1.11 bits per heavy atom. The highest BCUT2D eigenvalue weighted by molar-refractivity contribution is 5.95. The van der Waals surface area contributed by atoms with Crippen molar-refractivity contribution in [2.75, 3.05) is 25.0 Å². The van der Waals surface area contributed by atoms with Crippen molar-refractivity contribution in [3.8, 4) is 0 Å². The fraction of sp³-hybridized carbons (Fsp3) is 0.652. The smallest absolute Gasteiger partial charge is 0.241 e. The summed E-state index contributed by atoms with van der Waals surface area (Å²) in [5, 5.41) is 6.17. The Morgan fingerprint density at radius 3 is 2.43 bits per heavy atom. The van der Waals surface area contributed by atoms with E-state index in [9.17, 15) is 9.59 Å². The SMILES string of the molecule is CCCCCNC(=O)C1CCN(C(C)C(=O)Nc2ccccc2C(C)C)CC1. The molecule has 0 saturated carbocycles. The Hall–Kier alpha value is -1.88. The summed E-state index contributed by atoms with van der Waals surface area (Å²) in [6, 6.07) is 7.79. The summed E-state index contributed by atoms with van der Waals surface area (Å²) < 4.78 is 0. The molecule has 28 heavy (non-hydrogen) atoms. The van der Waals surface area contributed by atoms with E-state index < -0.39 is 0 Å². The molecule has 0 radical (unpaired) electrons. The van der Waals surface area contributed by atoms with Crippen LogP contribution in [-0.2, 0) is 9.59 Å². The minimum absolute atomic E-state index is 0.0237. The fourth-order valence-electron chi connectivity index (χ4n) is 3.80. The Labute approximate surface area is 170 Å². The molecule has 0 bridgehead atoms. The van der Waals surface area contributed by atoms with E-state index in [1.807, 2.05) is 25.1 Å². The predicted octanol–water partition coefficient (Wildman–Crippen LogP) is 4.16. The third kappa shape index (κ3) is 6.33. The molecule has 0 spiro atoms. The maximum atomic E-state index is 12.8. The van der Waals surface area contributed by atoms with Crippen LogP contribution in [0.2, 0.25) is 0 Å². The predicted molar refractivity (Wildman–Crippen MR) is 115 cm³/mol. The normalized spacial score (nSPS) is 16.8. The minimum atomic E-state index is -0.200. The molecule has 1 atom stereocenters. The van der Waals surface area contributed by atoms with Gasteiger partial charge in [-0.25, -0.2) is 0 Å². The van der Waals surface area contributed by atoms with Gasteiger partial charge in [-0.1, -0.05) is 51.8 Å². The van der Waals surface area contributed by atoms with Crippen molar-refractivity contribution in [2.24, 2.45) is 5.92 Å². The topological polar surface area (TPSA) is 61.4 Å². The number of benzene rings is 1. The molecule has 1 fully saturated rings. The van der Waals surface area contributed by atoms with Crippen LogP contribution in [0.15, 0.2) is 24.3 Å². The quantitative estimate of drug-likeness (QED) is 0.626. The van der Waals surface area contributed by atoms with Crippen molar-refractivity contribution in [2.45, 2.75) is 71.8 Å². The van der Waals surface area contributed by atoms with Gasteiger partial charge in [-0.05, 0) is 56.8 Å². The van der Waals surface area contributed by atoms with Gasteiger partial charge in [0.25, 0.3) is 0 Å². The van der Waals surface area contributed by atoms with Crippen molar-refractivity contribution in [3.05, 3.63) is 29.8 Å². The second kappa shape index (κ2) is 11.2. The Morgan fingerprint density at radius 2 is 1.79 bits per heavy atom. The molecule has 1 aliphatic heterocycles. The lowest BCUT2D eigenvalue weighted by molar-refractivity contribution is -0.127. The van der Waals surface area contributed by atoms with Crippen molar-refractivity contribution in [1.29, 1.82) is 0 Å². The molecule has 2 rings (SSSR count). The van der Waals surface area contributed by atoms with E-state index in [1.54, 1.807) is 0 Å². The van der Waals surface area contributed by atoms with E-state index in [2.05, 4.69) is 42.4 Å². The average Bonchev–Trinajstić information content (AvgIpc) is 2.70. The number of hydrogen-bond acceptors (Lipinski definition) is 3. The number of unbranched alkanes of at least 4 members (excludes halogenated alkanes) is 2. The third-order valence-electron chi connectivity index (χ3n) is 5.75. The van der Waals surface area contributed by atoms with Crippen molar-refractivity contribution >= 4 is 17.5 Å². The zero-order chi connectivity index (χ0) is 20.5. The second-order valence-corrected chi connectivity index (χ2v) is 8.22. The van der Waals surface area contributed by atoms with Crippen LogP contribution in [0.25, 0.3) is 0 Å². The van der Waals surface area contributed by atoms with Gasteiger partial charge in [0.1, 0.15) is 0 Å². The first-order valence-electron chi connectivity index (χ1n) is 10.9. The molecule has 2 N–H and O–H groups in total. The molecule has 1 aromatic carbocycles. The molecule has 5 heteroatoms. The summed E-state index contributed by atoms with van der Waals surface area (Å²) in [4.78, 5) is 27.3. The lowest BCUT2D eigenvalue weighted by Crippen LogP contribution is -2.48. The summed E-state index contributed by atoms with van der Waals surface area (Å²) >= 11 is 0. The zero-order valence-corrected chi connectivity index (χ0v) is 18.0. The minimum Gasteiger partial charge on any atom is -0.356 e. The van der Waals surface area contributed by atoms with Gasteiger partial charge in [0.05, 0.1) is 6.04 Å². The first-order valence-corrected chi connectivity index (χ1v) is 10.9. The van der Waals surface area contributed by atoms with Gasteiger partial charge in [-0.2, -0.15) is 0 Å². The number of likely N-dealkylation sites (tertiary alicyclic amines) is 1. The molecule has 1 aromatic rings. The number of anilines is 1.